The van der Waals surface area contributed by atoms with Gasteiger partial charge in [0.1, 0.15) is 6.54 Å². The van der Waals surface area contributed by atoms with Crippen molar-refractivity contribution in [2.75, 3.05) is 52.5 Å². The minimum absolute atomic E-state index is 0.00495. The van der Waals surface area contributed by atoms with Gasteiger partial charge in [-0.05, 0) is 12.1 Å². The lowest BCUT2D eigenvalue weighted by atomic mass is 10.2. The molecular formula is C19H23N5O4. The van der Waals surface area contributed by atoms with Gasteiger partial charge in [-0.2, -0.15) is 0 Å². The van der Waals surface area contributed by atoms with E-state index in [1.807, 2.05) is 6.07 Å². The summed E-state index contributed by atoms with van der Waals surface area (Å²) in [6, 6.07) is 7.09. The molecule has 2 saturated heterocycles. The van der Waals surface area contributed by atoms with E-state index in [9.17, 15) is 14.4 Å². The van der Waals surface area contributed by atoms with E-state index in [4.69, 9.17) is 4.74 Å². The smallest absolute Gasteiger partial charge is 0.320 e. The van der Waals surface area contributed by atoms with E-state index in [2.05, 4.69) is 4.98 Å². The summed E-state index contributed by atoms with van der Waals surface area (Å²) in [7, 11) is 0. The van der Waals surface area contributed by atoms with Crippen molar-refractivity contribution < 1.29 is 14.3 Å². The Balaban J connectivity index is 1.36. The van der Waals surface area contributed by atoms with Crippen molar-refractivity contribution >= 4 is 22.8 Å². The molecule has 4 rings (SSSR count). The van der Waals surface area contributed by atoms with Gasteiger partial charge in [-0.1, -0.05) is 12.1 Å². The van der Waals surface area contributed by atoms with E-state index in [-0.39, 0.29) is 24.0 Å². The molecule has 0 bridgehead atoms. The van der Waals surface area contributed by atoms with Crippen LogP contribution in [-0.2, 0) is 16.1 Å². The molecule has 3 heterocycles. The molecule has 0 radical (unpaired) electrons. The number of para-hydroxylation sites is 1. The van der Waals surface area contributed by atoms with Crippen molar-refractivity contribution in [1.82, 2.24) is 24.3 Å². The monoisotopic (exact) mass is 385 g/mol. The fourth-order valence-corrected chi connectivity index (χ4v) is 3.57. The van der Waals surface area contributed by atoms with Gasteiger partial charge in [-0.3, -0.25) is 14.2 Å². The Morgan fingerprint density at radius 3 is 2.32 bits per heavy atom. The third kappa shape index (κ3) is 3.70. The Bertz CT molecular complexity index is 929. The van der Waals surface area contributed by atoms with E-state index in [1.165, 1.54) is 10.9 Å². The Morgan fingerprint density at radius 1 is 0.929 bits per heavy atom. The number of nitrogens with zero attached hydrogens (tertiary/aromatic N) is 5. The average molecular weight is 385 g/mol. The second-order valence-electron chi connectivity index (χ2n) is 6.94. The first-order valence-corrected chi connectivity index (χ1v) is 9.47. The van der Waals surface area contributed by atoms with Crippen molar-refractivity contribution in [3.63, 3.8) is 0 Å². The fraction of sp³-hybridized carbons (Fsp3) is 0.474. The second kappa shape index (κ2) is 7.97. The lowest BCUT2D eigenvalue weighted by Crippen LogP contribution is -2.56. The number of amides is 3. The maximum Gasteiger partial charge on any atom is 0.320 e. The highest BCUT2D eigenvalue weighted by Gasteiger charge is 2.28. The third-order valence-electron chi connectivity index (χ3n) is 5.22. The van der Waals surface area contributed by atoms with Crippen molar-refractivity contribution in [3.8, 4) is 0 Å². The largest absolute Gasteiger partial charge is 0.378 e. The summed E-state index contributed by atoms with van der Waals surface area (Å²) in [6.07, 6.45) is 1.42. The number of piperazine rings is 1. The number of hydrogen-bond donors (Lipinski definition) is 0. The predicted octanol–water partition coefficient (Wildman–Crippen LogP) is -0.00710. The van der Waals surface area contributed by atoms with Gasteiger partial charge in [0.25, 0.3) is 5.56 Å². The van der Waals surface area contributed by atoms with Gasteiger partial charge in [-0.15, -0.1) is 0 Å². The third-order valence-corrected chi connectivity index (χ3v) is 5.22. The zero-order valence-corrected chi connectivity index (χ0v) is 15.6. The van der Waals surface area contributed by atoms with Crippen LogP contribution in [0.1, 0.15) is 0 Å². The zero-order valence-electron chi connectivity index (χ0n) is 15.6. The molecule has 28 heavy (non-hydrogen) atoms. The topological polar surface area (TPSA) is 88.0 Å². The van der Waals surface area contributed by atoms with Crippen molar-refractivity contribution in [1.29, 1.82) is 0 Å². The highest BCUT2D eigenvalue weighted by atomic mass is 16.5. The number of carbonyl (C=O) groups excluding carboxylic acids is 2. The standard InChI is InChI=1S/C19H23N5O4/c25-17(13-24-14-20-16-4-2-1-3-15(16)18(24)26)21-5-7-22(8-6-21)19(27)23-9-11-28-12-10-23/h1-4,14H,5-13H2. The number of benzene rings is 1. The normalized spacial score (nSPS) is 17.8. The predicted molar refractivity (Wildman–Crippen MR) is 102 cm³/mol. The summed E-state index contributed by atoms with van der Waals surface area (Å²) in [4.78, 5) is 47.2. The molecule has 1 aromatic heterocycles. The first kappa shape index (κ1) is 18.4. The molecule has 0 saturated carbocycles. The minimum Gasteiger partial charge on any atom is -0.378 e. The van der Waals surface area contributed by atoms with Gasteiger partial charge in [0, 0.05) is 39.3 Å². The summed E-state index contributed by atoms with van der Waals surface area (Å²) in [5.41, 5.74) is 0.395. The number of urea groups is 1. The molecule has 148 valence electrons. The lowest BCUT2D eigenvalue weighted by Gasteiger charge is -2.38. The van der Waals surface area contributed by atoms with Gasteiger partial charge in [0.2, 0.25) is 5.91 Å². The fourth-order valence-electron chi connectivity index (χ4n) is 3.57. The van der Waals surface area contributed by atoms with E-state index < -0.39 is 0 Å². The first-order valence-electron chi connectivity index (χ1n) is 9.47. The quantitative estimate of drug-likeness (QED) is 0.726. The van der Waals surface area contributed by atoms with Crippen LogP contribution in [0.4, 0.5) is 4.79 Å². The number of carbonyl (C=O) groups is 2. The average Bonchev–Trinajstić information content (AvgIpc) is 2.76. The number of morpholine rings is 1. The summed E-state index contributed by atoms with van der Waals surface area (Å²) >= 11 is 0. The number of fused-ring (bicyclic) bond motifs is 1. The van der Waals surface area contributed by atoms with E-state index in [0.29, 0.717) is 63.4 Å². The van der Waals surface area contributed by atoms with Gasteiger partial charge >= 0.3 is 6.03 Å². The molecule has 1 aromatic carbocycles. The van der Waals surface area contributed by atoms with Gasteiger partial charge < -0.3 is 19.4 Å². The van der Waals surface area contributed by atoms with E-state index in [0.717, 1.165) is 0 Å². The van der Waals surface area contributed by atoms with Crippen molar-refractivity contribution in [2.45, 2.75) is 6.54 Å². The molecule has 2 aliphatic rings. The molecule has 2 aromatic rings. The highest BCUT2D eigenvalue weighted by molar-refractivity contribution is 5.79. The van der Waals surface area contributed by atoms with Crippen LogP contribution < -0.4 is 5.56 Å². The highest BCUT2D eigenvalue weighted by Crippen LogP contribution is 2.09. The SMILES string of the molecule is O=C(Cn1cnc2ccccc2c1=O)N1CCN(C(=O)N2CCOCC2)CC1. The van der Waals surface area contributed by atoms with Crippen molar-refractivity contribution in [3.05, 3.63) is 40.9 Å². The summed E-state index contributed by atoms with van der Waals surface area (Å²) < 4.78 is 6.62. The van der Waals surface area contributed by atoms with Crippen LogP contribution >= 0.6 is 0 Å². The van der Waals surface area contributed by atoms with Crippen LogP contribution in [0.15, 0.2) is 35.4 Å². The number of ether oxygens (including phenoxy) is 1. The first-order chi connectivity index (χ1) is 13.6. The van der Waals surface area contributed by atoms with Crippen molar-refractivity contribution in [2.24, 2.45) is 0 Å². The molecule has 9 nitrogen and oxygen atoms in total. The van der Waals surface area contributed by atoms with Crippen LogP contribution in [0.5, 0.6) is 0 Å². The Labute approximate surface area is 162 Å². The molecule has 9 heteroatoms. The maximum atomic E-state index is 12.6. The van der Waals surface area contributed by atoms with Crippen LogP contribution in [0.3, 0.4) is 0 Å². The molecule has 0 aliphatic carbocycles. The molecular weight excluding hydrogens is 362 g/mol. The molecule has 0 unspecified atom stereocenters. The molecule has 3 amide bonds. The lowest BCUT2D eigenvalue weighted by molar-refractivity contribution is -0.133. The van der Waals surface area contributed by atoms with Crippen LogP contribution in [0.25, 0.3) is 10.9 Å². The molecule has 0 spiro atoms. The number of aromatic nitrogens is 2. The van der Waals surface area contributed by atoms with Crippen LogP contribution in [-0.4, -0.2) is 88.7 Å². The number of hydrogen-bond acceptors (Lipinski definition) is 5. The Morgan fingerprint density at radius 2 is 1.57 bits per heavy atom. The minimum atomic E-state index is -0.222. The Hall–Kier alpha value is -2.94. The molecule has 0 atom stereocenters. The molecule has 2 fully saturated rings. The van der Waals surface area contributed by atoms with Crippen LogP contribution in [0, 0.1) is 0 Å². The summed E-state index contributed by atoms with van der Waals surface area (Å²) in [6.45, 7) is 4.21. The van der Waals surface area contributed by atoms with Crippen LogP contribution in [0.2, 0.25) is 0 Å². The van der Waals surface area contributed by atoms with E-state index >= 15 is 0 Å². The zero-order chi connectivity index (χ0) is 19.5. The van der Waals surface area contributed by atoms with Gasteiger partial charge in [-0.25, -0.2) is 9.78 Å². The summed E-state index contributed by atoms with van der Waals surface area (Å²) in [5.74, 6) is -0.141. The van der Waals surface area contributed by atoms with Gasteiger partial charge in [0.15, 0.2) is 0 Å². The second-order valence-corrected chi connectivity index (χ2v) is 6.94. The number of rotatable bonds is 2. The molecule has 2 aliphatic heterocycles. The van der Waals surface area contributed by atoms with E-state index in [1.54, 1.807) is 32.9 Å². The maximum absolute atomic E-state index is 12.6. The van der Waals surface area contributed by atoms with Gasteiger partial charge in [0.05, 0.1) is 30.4 Å². The Kier molecular flexibility index (Phi) is 5.25. The molecule has 0 N–H and O–H groups in total. The summed E-state index contributed by atoms with van der Waals surface area (Å²) in [5, 5.41) is 0.499.